The van der Waals surface area contributed by atoms with Gasteiger partial charge in [-0.2, -0.15) is 0 Å². The van der Waals surface area contributed by atoms with Crippen LogP contribution in [0, 0.1) is 5.92 Å². The molecule has 1 aliphatic rings. The molecule has 0 saturated carbocycles. The number of nitrogens with zero attached hydrogens (tertiary/aromatic N) is 3. The van der Waals surface area contributed by atoms with Crippen LogP contribution in [0.5, 0.6) is 0 Å². The number of nitrogens with one attached hydrogen (secondary N) is 2. The van der Waals surface area contributed by atoms with Gasteiger partial charge in [0.05, 0.1) is 5.39 Å². The van der Waals surface area contributed by atoms with Crippen LogP contribution in [-0.4, -0.2) is 51.2 Å². The third kappa shape index (κ3) is 4.86. The van der Waals surface area contributed by atoms with Crippen molar-refractivity contribution >= 4 is 28.7 Å². The molecule has 0 radical (unpaired) electrons. The normalized spacial score (nSPS) is 16.8. The van der Waals surface area contributed by atoms with Gasteiger partial charge in [-0.25, -0.2) is 14.8 Å². The quantitative estimate of drug-likeness (QED) is 0.796. The summed E-state index contributed by atoms with van der Waals surface area (Å²) in [5.41, 5.74) is 1.44. The number of hydrogen-bond acceptors (Lipinski definition) is 5. The van der Waals surface area contributed by atoms with Crippen molar-refractivity contribution in [1.29, 1.82) is 0 Å². The minimum atomic E-state index is -0.461. The van der Waals surface area contributed by atoms with Gasteiger partial charge in [0.2, 0.25) is 0 Å². The van der Waals surface area contributed by atoms with E-state index in [1.54, 1.807) is 0 Å². The minimum Gasteiger partial charge on any atom is -0.444 e. The first-order chi connectivity index (χ1) is 12.3. The van der Waals surface area contributed by atoms with E-state index >= 15 is 0 Å². The molecule has 0 bridgehead atoms. The predicted molar refractivity (Wildman–Crippen MR) is 101 cm³/mol. The highest BCUT2D eigenvalue weighted by Gasteiger charge is 2.22. The number of fused-ring (bicyclic) bond motifs is 1. The van der Waals surface area contributed by atoms with Crippen LogP contribution in [0.3, 0.4) is 0 Å². The molecule has 2 aromatic heterocycles. The number of aromatic nitrogens is 3. The molecule has 1 amide bonds. The number of piperidine rings is 1. The molecule has 0 atom stereocenters. The number of likely N-dealkylation sites (tertiary alicyclic amines) is 1. The first-order valence-corrected chi connectivity index (χ1v) is 9.35. The zero-order valence-corrected chi connectivity index (χ0v) is 16.3. The molecule has 8 heteroatoms. The van der Waals surface area contributed by atoms with Crippen molar-refractivity contribution in [3.05, 3.63) is 23.2 Å². The maximum absolute atomic E-state index is 11.8. The fourth-order valence-corrected chi connectivity index (χ4v) is 3.50. The van der Waals surface area contributed by atoms with Gasteiger partial charge in [-0.3, -0.25) is 4.90 Å². The number of H-pyrrole nitrogens is 1. The maximum Gasteiger partial charge on any atom is 0.407 e. The standard InChI is InChI=1S/C18H26ClN5O2/c1-18(2,3)26-17(25)21-8-12-4-6-24(7-5-12)10-13-9-20-16-14(13)15(19)22-11-23-16/h9,11-12H,4-8,10H2,1-3H3,(H,21,25)(H,20,22,23). The van der Waals surface area contributed by atoms with Gasteiger partial charge in [-0.1, -0.05) is 11.6 Å². The highest BCUT2D eigenvalue weighted by atomic mass is 35.5. The van der Waals surface area contributed by atoms with E-state index in [2.05, 4.69) is 25.2 Å². The molecule has 7 nitrogen and oxygen atoms in total. The molecule has 2 aromatic rings. The van der Waals surface area contributed by atoms with Crippen LogP contribution in [0.15, 0.2) is 12.5 Å². The average molecular weight is 380 g/mol. The summed E-state index contributed by atoms with van der Waals surface area (Å²) >= 11 is 6.22. The Balaban J connectivity index is 1.47. The molecular weight excluding hydrogens is 354 g/mol. The number of carbonyl (C=O) groups is 1. The lowest BCUT2D eigenvalue weighted by Crippen LogP contribution is -2.40. The van der Waals surface area contributed by atoms with Crippen LogP contribution < -0.4 is 5.32 Å². The topological polar surface area (TPSA) is 83.1 Å². The van der Waals surface area contributed by atoms with E-state index in [4.69, 9.17) is 16.3 Å². The zero-order valence-electron chi connectivity index (χ0n) is 15.5. The molecule has 2 N–H and O–H groups in total. The third-order valence-corrected chi connectivity index (χ3v) is 4.83. The fourth-order valence-electron chi connectivity index (χ4n) is 3.24. The van der Waals surface area contributed by atoms with E-state index in [1.807, 2.05) is 27.0 Å². The molecule has 0 spiro atoms. The molecular formula is C18H26ClN5O2. The second-order valence-corrected chi connectivity index (χ2v) is 8.16. The van der Waals surface area contributed by atoms with E-state index in [1.165, 1.54) is 6.33 Å². The molecule has 1 aliphatic heterocycles. The summed E-state index contributed by atoms with van der Waals surface area (Å²) < 4.78 is 5.28. The lowest BCUT2D eigenvalue weighted by atomic mass is 9.96. The van der Waals surface area contributed by atoms with E-state index < -0.39 is 5.60 Å². The Labute approximate surface area is 158 Å². The lowest BCUT2D eigenvalue weighted by molar-refractivity contribution is 0.0509. The van der Waals surface area contributed by atoms with Crippen LogP contribution >= 0.6 is 11.6 Å². The van der Waals surface area contributed by atoms with Crippen molar-refractivity contribution in [3.8, 4) is 0 Å². The molecule has 0 aromatic carbocycles. The van der Waals surface area contributed by atoms with Crippen LogP contribution in [0.2, 0.25) is 5.15 Å². The van der Waals surface area contributed by atoms with Gasteiger partial charge in [0.25, 0.3) is 0 Å². The number of rotatable bonds is 4. The summed E-state index contributed by atoms with van der Waals surface area (Å²) in [6.07, 6.45) is 5.17. The van der Waals surface area contributed by atoms with Gasteiger partial charge in [-0.05, 0) is 58.2 Å². The molecule has 142 valence electrons. The van der Waals surface area contributed by atoms with Gasteiger partial charge in [0.1, 0.15) is 22.7 Å². The SMILES string of the molecule is CC(C)(C)OC(=O)NCC1CCN(Cc2c[nH]c3ncnc(Cl)c23)CC1. The van der Waals surface area contributed by atoms with E-state index in [0.717, 1.165) is 49.1 Å². The smallest absolute Gasteiger partial charge is 0.407 e. The second kappa shape index (κ2) is 7.80. The summed E-state index contributed by atoms with van der Waals surface area (Å²) in [6, 6.07) is 0. The van der Waals surface area contributed by atoms with Crippen LogP contribution in [0.4, 0.5) is 4.79 Å². The molecule has 0 aliphatic carbocycles. The highest BCUT2D eigenvalue weighted by molar-refractivity contribution is 6.34. The van der Waals surface area contributed by atoms with Gasteiger partial charge in [-0.15, -0.1) is 0 Å². The van der Waals surface area contributed by atoms with Crippen LogP contribution in [0.25, 0.3) is 11.0 Å². The van der Waals surface area contributed by atoms with Gasteiger partial charge in [0, 0.05) is 19.3 Å². The van der Waals surface area contributed by atoms with Crippen molar-refractivity contribution in [2.24, 2.45) is 5.92 Å². The molecule has 3 heterocycles. The van der Waals surface area contributed by atoms with E-state index in [0.29, 0.717) is 17.6 Å². The highest BCUT2D eigenvalue weighted by Crippen LogP contribution is 2.26. The number of amides is 1. The van der Waals surface area contributed by atoms with Crippen molar-refractivity contribution in [2.45, 2.75) is 45.8 Å². The summed E-state index contributed by atoms with van der Waals surface area (Å²) in [5, 5.41) is 4.28. The van der Waals surface area contributed by atoms with Crippen LogP contribution in [0.1, 0.15) is 39.2 Å². The summed E-state index contributed by atoms with van der Waals surface area (Å²) in [4.78, 5) is 25.6. The summed E-state index contributed by atoms with van der Waals surface area (Å²) in [5.74, 6) is 0.480. The monoisotopic (exact) mass is 379 g/mol. The van der Waals surface area contributed by atoms with E-state index in [-0.39, 0.29) is 6.09 Å². The first-order valence-electron chi connectivity index (χ1n) is 8.97. The van der Waals surface area contributed by atoms with Crippen molar-refractivity contribution in [2.75, 3.05) is 19.6 Å². The Morgan fingerprint density at radius 3 is 2.81 bits per heavy atom. The minimum absolute atomic E-state index is 0.339. The number of alkyl carbamates (subject to hydrolysis) is 1. The number of halogens is 1. The maximum atomic E-state index is 11.8. The van der Waals surface area contributed by atoms with Crippen LogP contribution in [-0.2, 0) is 11.3 Å². The Morgan fingerprint density at radius 2 is 2.12 bits per heavy atom. The average Bonchev–Trinajstić information content (AvgIpc) is 2.97. The molecule has 0 unspecified atom stereocenters. The predicted octanol–water partition coefficient (Wildman–Crippen LogP) is 3.35. The second-order valence-electron chi connectivity index (χ2n) is 7.80. The Hall–Kier alpha value is -1.86. The lowest BCUT2D eigenvalue weighted by Gasteiger charge is -2.32. The Morgan fingerprint density at radius 1 is 1.38 bits per heavy atom. The van der Waals surface area contributed by atoms with E-state index in [9.17, 15) is 4.79 Å². The van der Waals surface area contributed by atoms with Crippen molar-refractivity contribution in [1.82, 2.24) is 25.2 Å². The molecule has 26 heavy (non-hydrogen) atoms. The first kappa shape index (κ1) is 18.9. The Bertz CT molecular complexity index is 763. The number of ether oxygens (including phenoxy) is 1. The van der Waals surface area contributed by atoms with Crippen molar-refractivity contribution in [3.63, 3.8) is 0 Å². The zero-order chi connectivity index (χ0) is 18.7. The van der Waals surface area contributed by atoms with Gasteiger partial charge < -0.3 is 15.0 Å². The largest absolute Gasteiger partial charge is 0.444 e. The third-order valence-electron chi connectivity index (χ3n) is 4.54. The number of aromatic amines is 1. The summed E-state index contributed by atoms with van der Waals surface area (Å²) in [7, 11) is 0. The fraction of sp³-hybridized carbons (Fsp3) is 0.611. The number of hydrogen-bond donors (Lipinski definition) is 2. The molecule has 1 saturated heterocycles. The van der Waals surface area contributed by atoms with Crippen molar-refractivity contribution < 1.29 is 9.53 Å². The number of carbonyl (C=O) groups excluding carboxylic acids is 1. The van der Waals surface area contributed by atoms with Gasteiger partial charge >= 0.3 is 6.09 Å². The molecule has 1 fully saturated rings. The Kier molecular flexibility index (Phi) is 5.67. The molecule has 3 rings (SSSR count). The van der Waals surface area contributed by atoms with Gasteiger partial charge in [0.15, 0.2) is 0 Å². The summed E-state index contributed by atoms with van der Waals surface area (Å²) in [6.45, 7) is 9.05.